The number of hydrogen-bond donors (Lipinski definition) is 1. The van der Waals surface area contributed by atoms with Gasteiger partial charge in [0, 0.05) is 24.2 Å². The van der Waals surface area contributed by atoms with Gasteiger partial charge in [-0.15, -0.1) is 0 Å². The Bertz CT molecular complexity index is 627. The van der Waals surface area contributed by atoms with Crippen LogP contribution in [0.25, 0.3) is 10.9 Å². The summed E-state index contributed by atoms with van der Waals surface area (Å²) < 4.78 is 5.48. The van der Waals surface area contributed by atoms with Crippen molar-refractivity contribution >= 4 is 16.6 Å². The third-order valence-corrected chi connectivity index (χ3v) is 3.40. The van der Waals surface area contributed by atoms with Gasteiger partial charge < -0.3 is 10.1 Å². The van der Waals surface area contributed by atoms with Gasteiger partial charge in [-0.3, -0.25) is 4.98 Å². The summed E-state index contributed by atoms with van der Waals surface area (Å²) in [6.07, 6.45) is 3.76. The Hall–Kier alpha value is -2.12. The maximum atomic E-state index is 9.25. The van der Waals surface area contributed by atoms with Crippen molar-refractivity contribution in [2.45, 2.75) is 18.9 Å². The highest BCUT2D eigenvalue weighted by Gasteiger charge is 2.17. The molecule has 3 rings (SSSR count). The van der Waals surface area contributed by atoms with Crippen molar-refractivity contribution in [3.05, 3.63) is 36.0 Å². The zero-order valence-corrected chi connectivity index (χ0v) is 10.6. The SMILES string of the molecule is N#Cc1cnc2ccccc2c1NC1CCCOC1. The number of benzene rings is 1. The summed E-state index contributed by atoms with van der Waals surface area (Å²) in [5.41, 5.74) is 2.37. The van der Waals surface area contributed by atoms with Crippen LogP contribution < -0.4 is 5.32 Å². The molecule has 96 valence electrons. The van der Waals surface area contributed by atoms with Gasteiger partial charge in [0.15, 0.2) is 0 Å². The standard InChI is InChI=1S/C15H15N3O/c16-8-11-9-17-14-6-2-1-5-13(14)15(11)18-12-4-3-7-19-10-12/h1-2,5-6,9,12H,3-4,7,10H2,(H,17,18). The van der Waals surface area contributed by atoms with E-state index in [1.165, 1.54) is 0 Å². The Morgan fingerprint density at radius 2 is 2.26 bits per heavy atom. The summed E-state index contributed by atoms with van der Waals surface area (Å²) in [4.78, 5) is 4.31. The molecule has 4 nitrogen and oxygen atoms in total. The summed E-state index contributed by atoms with van der Waals surface area (Å²) in [5, 5.41) is 13.7. The van der Waals surface area contributed by atoms with Crippen LogP contribution in [0.1, 0.15) is 18.4 Å². The number of fused-ring (bicyclic) bond motifs is 1. The lowest BCUT2D eigenvalue weighted by Crippen LogP contribution is -2.30. The van der Waals surface area contributed by atoms with E-state index in [1.807, 2.05) is 24.3 Å². The summed E-state index contributed by atoms with van der Waals surface area (Å²) in [7, 11) is 0. The fraction of sp³-hybridized carbons (Fsp3) is 0.333. The maximum Gasteiger partial charge on any atom is 0.103 e. The molecule has 1 aliphatic heterocycles. The number of anilines is 1. The Morgan fingerprint density at radius 3 is 3.05 bits per heavy atom. The normalized spacial score (nSPS) is 19.0. The van der Waals surface area contributed by atoms with Crippen LogP contribution in [0.2, 0.25) is 0 Å². The summed E-state index contributed by atoms with van der Waals surface area (Å²) in [5.74, 6) is 0. The lowest BCUT2D eigenvalue weighted by Gasteiger charge is -2.25. The van der Waals surface area contributed by atoms with Crippen LogP contribution in [0.5, 0.6) is 0 Å². The molecule has 0 spiro atoms. The van der Waals surface area contributed by atoms with Crippen LogP contribution in [0.4, 0.5) is 5.69 Å². The van der Waals surface area contributed by atoms with E-state index in [1.54, 1.807) is 6.20 Å². The molecule has 1 fully saturated rings. The number of hydrogen-bond acceptors (Lipinski definition) is 4. The molecule has 2 heterocycles. The first-order chi connectivity index (χ1) is 9.38. The number of nitrogens with one attached hydrogen (secondary N) is 1. The molecule has 4 heteroatoms. The molecule has 1 atom stereocenters. The van der Waals surface area contributed by atoms with Gasteiger partial charge in [0.1, 0.15) is 6.07 Å². The summed E-state index contributed by atoms with van der Waals surface area (Å²) >= 11 is 0. The minimum absolute atomic E-state index is 0.270. The average molecular weight is 253 g/mol. The number of ether oxygens (including phenoxy) is 1. The van der Waals surface area contributed by atoms with E-state index in [9.17, 15) is 5.26 Å². The van der Waals surface area contributed by atoms with Crippen molar-refractivity contribution in [2.75, 3.05) is 18.5 Å². The molecule has 1 aromatic carbocycles. The maximum absolute atomic E-state index is 9.25. The van der Waals surface area contributed by atoms with Crippen LogP contribution in [-0.4, -0.2) is 24.2 Å². The van der Waals surface area contributed by atoms with Crippen LogP contribution in [0.15, 0.2) is 30.5 Å². The van der Waals surface area contributed by atoms with Crippen LogP contribution in [0, 0.1) is 11.3 Å². The monoisotopic (exact) mass is 253 g/mol. The third kappa shape index (κ3) is 2.38. The minimum Gasteiger partial charge on any atom is -0.379 e. The first-order valence-corrected chi connectivity index (χ1v) is 6.50. The van der Waals surface area contributed by atoms with Crippen molar-refractivity contribution in [2.24, 2.45) is 0 Å². The van der Waals surface area contributed by atoms with E-state index in [2.05, 4.69) is 16.4 Å². The molecule has 0 amide bonds. The average Bonchev–Trinajstić information content (AvgIpc) is 2.49. The van der Waals surface area contributed by atoms with Crippen molar-refractivity contribution in [3.63, 3.8) is 0 Å². The first kappa shape index (κ1) is 11.9. The number of nitrogens with zero attached hydrogens (tertiary/aromatic N) is 2. The van der Waals surface area contributed by atoms with Crippen molar-refractivity contribution in [1.82, 2.24) is 4.98 Å². The van der Waals surface area contributed by atoms with E-state index in [0.29, 0.717) is 12.2 Å². The molecule has 0 radical (unpaired) electrons. The third-order valence-electron chi connectivity index (χ3n) is 3.40. The van der Waals surface area contributed by atoms with Crippen LogP contribution in [-0.2, 0) is 4.74 Å². The highest BCUT2D eigenvalue weighted by Crippen LogP contribution is 2.27. The Balaban J connectivity index is 2.02. The second-order valence-corrected chi connectivity index (χ2v) is 4.73. The number of pyridine rings is 1. The predicted octanol–water partition coefficient (Wildman–Crippen LogP) is 2.70. The van der Waals surface area contributed by atoms with E-state index < -0.39 is 0 Å². The largest absolute Gasteiger partial charge is 0.379 e. The molecular weight excluding hydrogens is 238 g/mol. The molecule has 1 aromatic heterocycles. The zero-order chi connectivity index (χ0) is 13.1. The molecule has 2 aromatic rings. The van der Waals surface area contributed by atoms with Crippen molar-refractivity contribution < 1.29 is 4.74 Å². The highest BCUT2D eigenvalue weighted by atomic mass is 16.5. The van der Waals surface area contributed by atoms with E-state index in [-0.39, 0.29) is 6.04 Å². The van der Waals surface area contributed by atoms with Gasteiger partial charge in [-0.25, -0.2) is 0 Å². The minimum atomic E-state index is 0.270. The smallest absolute Gasteiger partial charge is 0.103 e. The summed E-state index contributed by atoms with van der Waals surface area (Å²) in [6.45, 7) is 1.53. The van der Waals surface area contributed by atoms with Crippen molar-refractivity contribution in [3.8, 4) is 6.07 Å². The number of para-hydroxylation sites is 1. The van der Waals surface area contributed by atoms with Crippen molar-refractivity contribution in [1.29, 1.82) is 5.26 Å². The molecule has 0 saturated carbocycles. The molecule has 19 heavy (non-hydrogen) atoms. The zero-order valence-electron chi connectivity index (χ0n) is 10.6. The molecule has 1 N–H and O–H groups in total. The Labute approximate surface area is 112 Å². The number of aromatic nitrogens is 1. The highest BCUT2D eigenvalue weighted by molar-refractivity contribution is 5.93. The van der Waals surface area contributed by atoms with E-state index in [0.717, 1.165) is 36.0 Å². The molecule has 0 bridgehead atoms. The predicted molar refractivity (Wildman–Crippen MR) is 73.9 cm³/mol. The molecule has 1 unspecified atom stereocenters. The topological polar surface area (TPSA) is 57.9 Å². The van der Waals surface area contributed by atoms with Gasteiger partial charge in [0.2, 0.25) is 0 Å². The van der Waals surface area contributed by atoms with Gasteiger partial charge in [-0.1, -0.05) is 18.2 Å². The van der Waals surface area contributed by atoms with Gasteiger partial charge >= 0.3 is 0 Å². The molecule has 0 aliphatic carbocycles. The quantitative estimate of drug-likeness (QED) is 0.894. The molecule has 1 saturated heterocycles. The second-order valence-electron chi connectivity index (χ2n) is 4.73. The number of nitriles is 1. The van der Waals surface area contributed by atoms with E-state index >= 15 is 0 Å². The molecular formula is C15H15N3O. The van der Waals surface area contributed by atoms with Gasteiger partial charge in [0.05, 0.1) is 23.4 Å². The first-order valence-electron chi connectivity index (χ1n) is 6.50. The van der Waals surface area contributed by atoms with Gasteiger partial charge in [0.25, 0.3) is 0 Å². The lowest BCUT2D eigenvalue weighted by molar-refractivity contribution is 0.0876. The Kier molecular flexibility index (Phi) is 3.30. The van der Waals surface area contributed by atoms with Gasteiger partial charge in [-0.05, 0) is 18.9 Å². The Morgan fingerprint density at radius 1 is 1.37 bits per heavy atom. The van der Waals surface area contributed by atoms with E-state index in [4.69, 9.17) is 4.74 Å². The number of rotatable bonds is 2. The fourth-order valence-electron chi connectivity index (χ4n) is 2.44. The second kappa shape index (κ2) is 5.25. The molecule has 1 aliphatic rings. The van der Waals surface area contributed by atoms with Gasteiger partial charge in [-0.2, -0.15) is 5.26 Å². The van der Waals surface area contributed by atoms with Crippen LogP contribution in [0.3, 0.4) is 0 Å². The fourth-order valence-corrected chi connectivity index (χ4v) is 2.44. The van der Waals surface area contributed by atoms with Crippen LogP contribution >= 0.6 is 0 Å². The summed E-state index contributed by atoms with van der Waals surface area (Å²) in [6, 6.07) is 10.4. The lowest BCUT2D eigenvalue weighted by atomic mass is 10.1.